The summed E-state index contributed by atoms with van der Waals surface area (Å²) < 4.78 is 5.43. The molecule has 2 aromatic rings. The van der Waals surface area contributed by atoms with Crippen LogP contribution in [0.5, 0.6) is 5.75 Å². The minimum atomic E-state index is -0.471. The molecular weight excluding hydrogens is 342 g/mol. The van der Waals surface area contributed by atoms with Crippen molar-refractivity contribution in [1.82, 2.24) is 0 Å². The zero-order chi connectivity index (χ0) is 18.5. The maximum Gasteiger partial charge on any atom is 0.343 e. The average molecular weight is 361 g/mol. The fourth-order valence-corrected chi connectivity index (χ4v) is 5.09. The molecule has 2 amide bonds. The number of hydrogen-bond acceptors (Lipinski definition) is 4. The van der Waals surface area contributed by atoms with Crippen molar-refractivity contribution in [3.05, 3.63) is 60.2 Å². The third-order valence-electron chi connectivity index (χ3n) is 6.22. The fourth-order valence-electron chi connectivity index (χ4n) is 5.09. The van der Waals surface area contributed by atoms with Gasteiger partial charge in [-0.05, 0) is 55.4 Å². The molecule has 136 valence electrons. The molecule has 4 atom stereocenters. The molecular formula is C22H19NO4. The number of hydrogen-bond donors (Lipinski definition) is 0. The summed E-state index contributed by atoms with van der Waals surface area (Å²) in [5.41, 5.74) is 0.930. The lowest BCUT2D eigenvalue weighted by Gasteiger charge is -2.19. The topological polar surface area (TPSA) is 63.7 Å². The Labute approximate surface area is 156 Å². The second-order valence-electron chi connectivity index (χ2n) is 7.65. The number of anilines is 1. The number of benzene rings is 2. The van der Waals surface area contributed by atoms with Gasteiger partial charge in [0.25, 0.3) is 0 Å². The van der Waals surface area contributed by atoms with Gasteiger partial charge in [0, 0.05) is 6.07 Å². The molecule has 0 N–H and O–H groups in total. The molecule has 3 aliphatic rings. The zero-order valence-corrected chi connectivity index (χ0v) is 14.7. The summed E-state index contributed by atoms with van der Waals surface area (Å²) in [6.45, 7) is 0. The van der Waals surface area contributed by atoms with Crippen LogP contribution in [0.4, 0.5) is 5.69 Å². The van der Waals surface area contributed by atoms with Crippen LogP contribution in [0.3, 0.4) is 0 Å². The third-order valence-corrected chi connectivity index (χ3v) is 6.22. The molecule has 2 aromatic carbocycles. The molecule has 3 fully saturated rings. The van der Waals surface area contributed by atoms with E-state index < -0.39 is 5.97 Å². The van der Waals surface area contributed by atoms with Gasteiger partial charge in [-0.3, -0.25) is 9.59 Å². The molecule has 1 saturated heterocycles. The van der Waals surface area contributed by atoms with Crippen LogP contribution in [0.1, 0.15) is 29.6 Å². The van der Waals surface area contributed by atoms with Crippen LogP contribution < -0.4 is 9.64 Å². The molecule has 2 saturated carbocycles. The number of fused-ring (bicyclic) bond motifs is 5. The minimum Gasteiger partial charge on any atom is -0.423 e. The van der Waals surface area contributed by atoms with Crippen molar-refractivity contribution >= 4 is 23.5 Å². The van der Waals surface area contributed by atoms with Crippen LogP contribution >= 0.6 is 0 Å². The second-order valence-corrected chi connectivity index (χ2v) is 7.65. The SMILES string of the molecule is O=C(Oc1cccc(N2C(=O)[C@H]3[C@H]4CC[C@@H](C4)[C@@H]3C2=O)c1)c1ccccc1. The highest BCUT2D eigenvalue weighted by molar-refractivity contribution is 6.22. The van der Waals surface area contributed by atoms with Gasteiger partial charge >= 0.3 is 5.97 Å². The molecule has 0 unspecified atom stereocenters. The molecule has 2 bridgehead atoms. The van der Waals surface area contributed by atoms with E-state index in [2.05, 4.69) is 0 Å². The lowest BCUT2D eigenvalue weighted by atomic mass is 9.81. The average Bonchev–Trinajstić information content (AvgIpc) is 3.36. The van der Waals surface area contributed by atoms with Crippen LogP contribution in [0.2, 0.25) is 0 Å². The van der Waals surface area contributed by atoms with Gasteiger partial charge in [0.15, 0.2) is 0 Å². The highest BCUT2D eigenvalue weighted by atomic mass is 16.5. The van der Waals surface area contributed by atoms with E-state index in [0.29, 0.717) is 28.8 Å². The molecule has 0 radical (unpaired) electrons. The molecule has 1 aliphatic heterocycles. The monoisotopic (exact) mass is 361 g/mol. The van der Waals surface area contributed by atoms with Crippen molar-refractivity contribution in [2.45, 2.75) is 19.3 Å². The molecule has 0 aromatic heterocycles. The molecule has 5 heteroatoms. The van der Waals surface area contributed by atoms with Crippen molar-refractivity contribution in [3.8, 4) is 5.75 Å². The quantitative estimate of drug-likeness (QED) is 0.477. The first kappa shape index (κ1) is 16.2. The summed E-state index contributed by atoms with van der Waals surface area (Å²) in [6.07, 6.45) is 3.11. The summed E-state index contributed by atoms with van der Waals surface area (Å²) in [5.74, 6) is 0.0378. The Morgan fingerprint density at radius 1 is 0.889 bits per heavy atom. The van der Waals surface area contributed by atoms with Crippen LogP contribution in [0, 0.1) is 23.7 Å². The van der Waals surface area contributed by atoms with E-state index in [1.165, 1.54) is 4.90 Å². The van der Waals surface area contributed by atoms with Gasteiger partial charge in [-0.15, -0.1) is 0 Å². The minimum absolute atomic E-state index is 0.0938. The summed E-state index contributed by atoms with van der Waals surface area (Å²) in [6, 6.07) is 15.4. The van der Waals surface area contributed by atoms with Crippen LogP contribution in [0.25, 0.3) is 0 Å². The van der Waals surface area contributed by atoms with Crippen molar-refractivity contribution in [2.75, 3.05) is 4.90 Å². The van der Waals surface area contributed by atoms with Gasteiger partial charge in [-0.1, -0.05) is 24.3 Å². The predicted octanol–water partition coefficient (Wildman–Crippen LogP) is 3.44. The maximum atomic E-state index is 12.9. The maximum absolute atomic E-state index is 12.9. The van der Waals surface area contributed by atoms with Crippen molar-refractivity contribution in [3.63, 3.8) is 0 Å². The van der Waals surface area contributed by atoms with E-state index in [4.69, 9.17) is 4.74 Å². The van der Waals surface area contributed by atoms with Gasteiger partial charge in [0.05, 0.1) is 23.1 Å². The number of rotatable bonds is 3. The summed E-state index contributed by atoms with van der Waals surface area (Å²) >= 11 is 0. The normalized spacial score (nSPS) is 28.5. The van der Waals surface area contributed by atoms with E-state index in [1.54, 1.807) is 48.5 Å². The first-order chi connectivity index (χ1) is 13.1. The number of carbonyl (C=O) groups excluding carboxylic acids is 3. The number of carbonyl (C=O) groups is 3. The Balaban J connectivity index is 1.40. The molecule has 27 heavy (non-hydrogen) atoms. The number of nitrogens with zero attached hydrogens (tertiary/aromatic N) is 1. The largest absolute Gasteiger partial charge is 0.423 e. The Morgan fingerprint density at radius 2 is 1.56 bits per heavy atom. The van der Waals surface area contributed by atoms with Crippen LogP contribution in [-0.2, 0) is 9.59 Å². The standard InChI is InChI=1S/C22H19NO4/c24-20-18-14-9-10-15(11-14)19(18)21(25)23(20)16-7-4-8-17(12-16)27-22(26)13-5-2-1-3-6-13/h1-8,12,14-15,18-19H,9-11H2/t14-,15-,18-,19-/m0/s1. The Hall–Kier alpha value is -2.95. The second kappa shape index (κ2) is 6.05. The van der Waals surface area contributed by atoms with Crippen LogP contribution in [0.15, 0.2) is 54.6 Å². The van der Waals surface area contributed by atoms with Crippen molar-refractivity contribution in [2.24, 2.45) is 23.7 Å². The third kappa shape index (κ3) is 2.49. The number of esters is 1. The molecule has 5 nitrogen and oxygen atoms in total. The molecule has 1 heterocycles. The zero-order valence-electron chi connectivity index (χ0n) is 14.7. The van der Waals surface area contributed by atoms with Gasteiger partial charge in [-0.2, -0.15) is 0 Å². The Bertz CT molecular complexity index is 910. The Morgan fingerprint density at radius 3 is 2.22 bits per heavy atom. The van der Waals surface area contributed by atoms with Crippen molar-refractivity contribution < 1.29 is 19.1 Å². The highest BCUT2D eigenvalue weighted by Gasteiger charge is 2.61. The summed E-state index contributed by atoms with van der Waals surface area (Å²) in [5, 5.41) is 0. The first-order valence-corrected chi connectivity index (χ1v) is 9.38. The lowest BCUT2D eigenvalue weighted by molar-refractivity contribution is -0.123. The van der Waals surface area contributed by atoms with E-state index in [9.17, 15) is 14.4 Å². The van der Waals surface area contributed by atoms with Crippen molar-refractivity contribution in [1.29, 1.82) is 0 Å². The number of imide groups is 1. The van der Waals surface area contributed by atoms with E-state index in [-0.39, 0.29) is 23.7 Å². The van der Waals surface area contributed by atoms with Gasteiger partial charge < -0.3 is 4.74 Å². The molecule has 5 rings (SSSR count). The number of amides is 2. The number of ether oxygens (including phenoxy) is 1. The van der Waals surface area contributed by atoms with Gasteiger partial charge in [0.2, 0.25) is 11.8 Å². The van der Waals surface area contributed by atoms with E-state index >= 15 is 0 Å². The smallest absolute Gasteiger partial charge is 0.343 e. The fraction of sp³-hybridized carbons (Fsp3) is 0.318. The molecule has 2 aliphatic carbocycles. The van der Waals surface area contributed by atoms with E-state index in [1.807, 2.05) is 6.07 Å². The molecule has 0 spiro atoms. The Kier molecular flexibility index (Phi) is 3.64. The van der Waals surface area contributed by atoms with Gasteiger partial charge in [0.1, 0.15) is 5.75 Å². The summed E-state index contributed by atoms with van der Waals surface area (Å²) in [7, 11) is 0. The first-order valence-electron chi connectivity index (χ1n) is 9.38. The summed E-state index contributed by atoms with van der Waals surface area (Å²) in [4.78, 5) is 39.4. The highest BCUT2D eigenvalue weighted by Crippen LogP contribution is 2.56. The predicted molar refractivity (Wildman–Crippen MR) is 98.1 cm³/mol. The lowest BCUT2D eigenvalue weighted by Crippen LogP contribution is -2.32. The van der Waals surface area contributed by atoms with Crippen LogP contribution in [-0.4, -0.2) is 17.8 Å². The van der Waals surface area contributed by atoms with E-state index in [0.717, 1.165) is 19.3 Å². The van der Waals surface area contributed by atoms with Gasteiger partial charge in [-0.25, -0.2) is 9.69 Å².